The minimum atomic E-state index is 0.438. The molecule has 0 saturated carbocycles. The third-order valence-electron chi connectivity index (χ3n) is 2.91. The van der Waals surface area contributed by atoms with Crippen molar-refractivity contribution in [3.63, 3.8) is 0 Å². The molecule has 1 aliphatic heterocycles. The van der Waals surface area contributed by atoms with Gasteiger partial charge in [-0.3, -0.25) is 0 Å². The molecule has 1 fully saturated rings. The summed E-state index contributed by atoms with van der Waals surface area (Å²) in [6.07, 6.45) is 5.98. The number of hydrogen-bond donors (Lipinski definition) is 1. The first-order valence-corrected chi connectivity index (χ1v) is 6.23. The van der Waals surface area contributed by atoms with Crippen LogP contribution in [0.1, 0.15) is 33.1 Å². The van der Waals surface area contributed by atoms with E-state index in [1.54, 1.807) is 0 Å². The number of nitrogens with one attached hydrogen (secondary N) is 1. The van der Waals surface area contributed by atoms with Crippen LogP contribution in [0.15, 0.2) is 18.3 Å². The molecular weight excluding hydrogens is 198 g/mol. The lowest BCUT2D eigenvalue weighted by molar-refractivity contribution is 0.577. The first-order chi connectivity index (χ1) is 7.75. The van der Waals surface area contributed by atoms with Crippen molar-refractivity contribution < 1.29 is 0 Å². The summed E-state index contributed by atoms with van der Waals surface area (Å²) in [6, 6.07) is 4.68. The quantitative estimate of drug-likeness (QED) is 0.847. The lowest BCUT2D eigenvalue weighted by Crippen LogP contribution is -2.29. The minimum absolute atomic E-state index is 0.438. The summed E-state index contributed by atoms with van der Waals surface area (Å²) >= 11 is 0. The maximum atomic E-state index is 4.44. The standard InChI is InChI=1S/C13H21N3/c1-11(2)15-13-7-6-12(10-14-13)16-8-4-3-5-9-16/h6-7,10-11H,3-5,8-9H2,1-2H3,(H,14,15). The van der Waals surface area contributed by atoms with E-state index in [2.05, 4.69) is 41.2 Å². The molecule has 1 aromatic rings. The number of piperidine rings is 1. The van der Waals surface area contributed by atoms with Crippen LogP contribution in [0.2, 0.25) is 0 Å². The highest BCUT2D eigenvalue weighted by molar-refractivity contribution is 5.49. The van der Waals surface area contributed by atoms with Crippen molar-refractivity contribution in [1.29, 1.82) is 0 Å². The van der Waals surface area contributed by atoms with Gasteiger partial charge in [0.1, 0.15) is 5.82 Å². The van der Waals surface area contributed by atoms with E-state index in [1.165, 1.54) is 38.0 Å². The minimum Gasteiger partial charge on any atom is -0.370 e. The second kappa shape index (κ2) is 5.19. The third kappa shape index (κ3) is 2.87. The Morgan fingerprint density at radius 1 is 1.19 bits per heavy atom. The SMILES string of the molecule is CC(C)Nc1ccc(N2CCCCC2)cn1. The predicted octanol–water partition coefficient (Wildman–Crippen LogP) is 2.89. The van der Waals surface area contributed by atoms with Gasteiger partial charge in [0.2, 0.25) is 0 Å². The summed E-state index contributed by atoms with van der Waals surface area (Å²) in [4.78, 5) is 6.87. The van der Waals surface area contributed by atoms with Crippen molar-refractivity contribution in [3.8, 4) is 0 Å². The summed E-state index contributed by atoms with van der Waals surface area (Å²) in [5, 5.41) is 3.31. The van der Waals surface area contributed by atoms with Gasteiger partial charge in [-0.05, 0) is 45.2 Å². The molecule has 1 saturated heterocycles. The van der Waals surface area contributed by atoms with Gasteiger partial charge in [0.15, 0.2) is 0 Å². The summed E-state index contributed by atoms with van der Waals surface area (Å²) < 4.78 is 0. The number of anilines is 2. The van der Waals surface area contributed by atoms with Crippen molar-refractivity contribution in [2.45, 2.75) is 39.2 Å². The predicted molar refractivity (Wildman–Crippen MR) is 69.1 cm³/mol. The van der Waals surface area contributed by atoms with Gasteiger partial charge >= 0.3 is 0 Å². The second-order valence-corrected chi connectivity index (χ2v) is 4.75. The van der Waals surface area contributed by atoms with Crippen LogP contribution in [-0.2, 0) is 0 Å². The van der Waals surface area contributed by atoms with Gasteiger partial charge in [0.05, 0.1) is 11.9 Å². The molecule has 2 rings (SSSR count). The number of nitrogens with zero attached hydrogens (tertiary/aromatic N) is 2. The molecule has 0 bridgehead atoms. The number of rotatable bonds is 3. The van der Waals surface area contributed by atoms with Crippen LogP contribution in [0.5, 0.6) is 0 Å². The van der Waals surface area contributed by atoms with E-state index >= 15 is 0 Å². The molecule has 3 heteroatoms. The Morgan fingerprint density at radius 2 is 1.94 bits per heavy atom. The van der Waals surface area contributed by atoms with Crippen molar-refractivity contribution in [1.82, 2.24) is 4.98 Å². The van der Waals surface area contributed by atoms with Crippen LogP contribution < -0.4 is 10.2 Å². The molecule has 0 aliphatic carbocycles. The average Bonchev–Trinajstić information content (AvgIpc) is 2.30. The van der Waals surface area contributed by atoms with E-state index in [4.69, 9.17) is 0 Å². The largest absolute Gasteiger partial charge is 0.370 e. The Kier molecular flexibility index (Phi) is 3.65. The number of hydrogen-bond acceptors (Lipinski definition) is 3. The molecule has 1 aromatic heterocycles. The average molecular weight is 219 g/mol. The van der Waals surface area contributed by atoms with Crippen molar-refractivity contribution >= 4 is 11.5 Å². The first-order valence-electron chi connectivity index (χ1n) is 6.23. The molecule has 3 nitrogen and oxygen atoms in total. The second-order valence-electron chi connectivity index (χ2n) is 4.75. The lowest BCUT2D eigenvalue weighted by Gasteiger charge is -2.28. The molecule has 1 aliphatic rings. The maximum Gasteiger partial charge on any atom is 0.126 e. The Hall–Kier alpha value is -1.25. The molecular formula is C13H21N3. The normalized spacial score (nSPS) is 16.6. The van der Waals surface area contributed by atoms with Crippen LogP contribution >= 0.6 is 0 Å². The molecule has 2 heterocycles. The molecule has 0 atom stereocenters. The number of aromatic nitrogens is 1. The summed E-state index contributed by atoms with van der Waals surface area (Å²) in [6.45, 7) is 6.61. The van der Waals surface area contributed by atoms with Crippen LogP contribution in [-0.4, -0.2) is 24.1 Å². The van der Waals surface area contributed by atoms with Crippen LogP contribution in [0.3, 0.4) is 0 Å². The van der Waals surface area contributed by atoms with E-state index in [9.17, 15) is 0 Å². The monoisotopic (exact) mass is 219 g/mol. The van der Waals surface area contributed by atoms with Crippen LogP contribution in [0.4, 0.5) is 11.5 Å². The topological polar surface area (TPSA) is 28.2 Å². The molecule has 0 radical (unpaired) electrons. The summed E-state index contributed by atoms with van der Waals surface area (Å²) in [5.74, 6) is 0.968. The Balaban J connectivity index is 2.00. The highest BCUT2D eigenvalue weighted by Crippen LogP contribution is 2.19. The Bertz CT molecular complexity index is 312. The van der Waals surface area contributed by atoms with Crippen molar-refractivity contribution in [3.05, 3.63) is 18.3 Å². The van der Waals surface area contributed by atoms with Crippen LogP contribution in [0.25, 0.3) is 0 Å². The molecule has 88 valence electrons. The zero-order valence-corrected chi connectivity index (χ0v) is 10.2. The zero-order chi connectivity index (χ0) is 11.4. The summed E-state index contributed by atoms with van der Waals surface area (Å²) in [7, 11) is 0. The fourth-order valence-corrected chi connectivity index (χ4v) is 2.11. The van der Waals surface area contributed by atoms with E-state index < -0.39 is 0 Å². The Morgan fingerprint density at radius 3 is 2.50 bits per heavy atom. The maximum absolute atomic E-state index is 4.44. The number of pyridine rings is 1. The Labute approximate surface area is 97.9 Å². The van der Waals surface area contributed by atoms with Gasteiger partial charge in [-0.1, -0.05) is 0 Å². The van der Waals surface area contributed by atoms with Gasteiger partial charge in [-0.25, -0.2) is 4.98 Å². The van der Waals surface area contributed by atoms with E-state index in [0.717, 1.165) is 5.82 Å². The fraction of sp³-hybridized carbons (Fsp3) is 0.615. The fourth-order valence-electron chi connectivity index (χ4n) is 2.11. The zero-order valence-electron chi connectivity index (χ0n) is 10.2. The molecule has 0 amide bonds. The third-order valence-corrected chi connectivity index (χ3v) is 2.91. The van der Waals surface area contributed by atoms with Gasteiger partial charge in [-0.2, -0.15) is 0 Å². The molecule has 16 heavy (non-hydrogen) atoms. The lowest BCUT2D eigenvalue weighted by atomic mass is 10.1. The van der Waals surface area contributed by atoms with Gasteiger partial charge < -0.3 is 10.2 Å². The van der Waals surface area contributed by atoms with Crippen molar-refractivity contribution in [2.75, 3.05) is 23.3 Å². The van der Waals surface area contributed by atoms with Gasteiger partial charge in [0.25, 0.3) is 0 Å². The smallest absolute Gasteiger partial charge is 0.126 e. The molecule has 0 aromatic carbocycles. The van der Waals surface area contributed by atoms with Gasteiger partial charge in [-0.15, -0.1) is 0 Å². The van der Waals surface area contributed by atoms with E-state index in [-0.39, 0.29) is 0 Å². The molecule has 0 unspecified atom stereocenters. The first kappa shape index (κ1) is 11.2. The highest BCUT2D eigenvalue weighted by atomic mass is 15.1. The summed E-state index contributed by atoms with van der Waals surface area (Å²) in [5.41, 5.74) is 1.26. The van der Waals surface area contributed by atoms with E-state index in [1.807, 2.05) is 6.20 Å². The molecule has 1 N–H and O–H groups in total. The van der Waals surface area contributed by atoms with Gasteiger partial charge in [0, 0.05) is 19.1 Å². The highest BCUT2D eigenvalue weighted by Gasteiger charge is 2.10. The molecule has 0 spiro atoms. The van der Waals surface area contributed by atoms with Crippen molar-refractivity contribution in [2.24, 2.45) is 0 Å². The van der Waals surface area contributed by atoms with E-state index in [0.29, 0.717) is 6.04 Å². The van der Waals surface area contributed by atoms with Crippen LogP contribution in [0, 0.1) is 0 Å².